The summed E-state index contributed by atoms with van der Waals surface area (Å²) in [6.07, 6.45) is -4.61. The summed E-state index contributed by atoms with van der Waals surface area (Å²) in [7, 11) is 1.43. The van der Waals surface area contributed by atoms with Gasteiger partial charge >= 0.3 is 6.18 Å². The first-order valence-corrected chi connectivity index (χ1v) is 7.17. The molecule has 0 saturated heterocycles. The molecule has 2 aromatic carbocycles. The molecular weight excluding hydrogens is 337 g/mol. The number of halogens is 3. The van der Waals surface area contributed by atoms with E-state index in [1.807, 2.05) is 0 Å². The number of benzene rings is 2. The van der Waals surface area contributed by atoms with Crippen molar-refractivity contribution < 1.29 is 23.0 Å². The number of H-pyrrole nitrogens is 1. The zero-order valence-electron chi connectivity index (χ0n) is 13.0. The average Bonchev–Trinajstić information content (AvgIpc) is 2.96. The van der Waals surface area contributed by atoms with E-state index in [2.05, 4.69) is 5.10 Å². The molecule has 3 aromatic rings. The number of phenols is 1. The molecule has 0 bridgehead atoms. The zero-order chi connectivity index (χ0) is 18.2. The first-order chi connectivity index (χ1) is 11.8. The van der Waals surface area contributed by atoms with Crippen LogP contribution in [0.3, 0.4) is 0 Å². The minimum Gasteiger partial charge on any atom is -0.507 e. The van der Waals surface area contributed by atoms with Crippen LogP contribution in [-0.2, 0) is 6.18 Å². The highest BCUT2D eigenvalue weighted by Gasteiger charge is 2.34. The van der Waals surface area contributed by atoms with Crippen molar-refractivity contribution in [2.75, 3.05) is 7.11 Å². The third-order valence-electron chi connectivity index (χ3n) is 3.66. The van der Waals surface area contributed by atoms with Crippen LogP contribution in [0.4, 0.5) is 13.2 Å². The van der Waals surface area contributed by atoms with Crippen molar-refractivity contribution in [3.63, 3.8) is 0 Å². The smallest absolute Gasteiger partial charge is 0.418 e. The third kappa shape index (κ3) is 3.10. The Morgan fingerprint density at radius 3 is 2.52 bits per heavy atom. The Morgan fingerprint density at radius 1 is 1.12 bits per heavy atom. The van der Waals surface area contributed by atoms with E-state index in [1.54, 1.807) is 0 Å². The monoisotopic (exact) mass is 350 g/mol. The van der Waals surface area contributed by atoms with Crippen molar-refractivity contribution in [3.05, 3.63) is 64.4 Å². The number of hydrogen-bond donors (Lipinski definition) is 2. The molecule has 8 heteroatoms. The Bertz CT molecular complexity index is 974. The number of phenolic OH excluding ortho intramolecular Hbond substituents is 1. The number of methoxy groups -OCH3 is 1. The molecule has 0 amide bonds. The number of aromatic amines is 1. The van der Waals surface area contributed by atoms with Crippen LogP contribution >= 0.6 is 0 Å². The van der Waals surface area contributed by atoms with Crippen LogP contribution in [0.5, 0.6) is 11.5 Å². The SMILES string of the molecule is COc1ccc(O)c(-c2cc(=O)n(-c3ccccc3C(F)(F)F)[nH]2)c1. The molecule has 0 atom stereocenters. The normalized spacial score (nSPS) is 11.5. The molecule has 1 aromatic heterocycles. The van der Waals surface area contributed by atoms with Gasteiger partial charge in [-0.3, -0.25) is 9.89 Å². The number of ether oxygens (including phenoxy) is 1. The molecule has 3 rings (SSSR count). The molecule has 0 fully saturated rings. The van der Waals surface area contributed by atoms with Gasteiger partial charge in [0, 0.05) is 11.6 Å². The van der Waals surface area contributed by atoms with Gasteiger partial charge in [-0.15, -0.1) is 0 Å². The molecule has 2 N–H and O–H groups in total. The van der Waals surface area contributed by atoms with Crippen LogP contribution in [-0.4, -0.2) is 22.0 Å². The Balaban J connectivity index is 2.17. The Morgan fingerprint density at radius 2 is 1.84 bits per heavy atom. The summed E-state index contributed by atoms with van der Waals surface area (Å²) in [5, 5.41) is 12.6. The molecule has 25 heavy (non-hydrogen) atoms. The van der Waals surface area contributed by atoms with Gasteiger partial charge in [-0.05, 0) is 30.3 Å². The lowest BCUT2D eigenvalue weighted by molar-refractivity contribution is -0.137. The first kappa shape index (κ1) is 16.7. The number of hydrogen-bond acceptors (Lipinski definition) is 3. The zero-order valence-corrected chi connectivity index (χ0v) is 13.0. The van der Waals surface area contributed by atoms with E-state index in [1.165, 1.54) is 43.5 Å². The van der Waals surface area contributed by atoms with Gasteiger partial charge in [0.05, 0.1) is 24.1 Å². The van der Waals surface area contributed by atoms with Crippen LogP contribution < -0.4 is 10.3 Å². The second-order valence-corrected chi connectivity index (χ2v) is 5.24. The quantitative estimate of drug-likeness (QED) is 0.759. The largest absolute Gasteiger partial charge is 0.507 e. The van der Waals surface area contributed by atoms with E-state index in [9.17, 15) is 23.1 Å². The fraction of sp³-hybridized carbons (Fsp3) is 0.118. The summed E-state index contributed by atoms with van der Waals surface area (Å²) in [5.74, 6) is 0.287. The topological polar surface area (TPSA) is 67.2 Å². The van der Waals surface area contributed by atoms with Gasteiger partial charge in [-0.1, -0.05) is 12.1 Å². The summed E-state index contributed by atoms with van der Waals surface area (Å²) in [6.45, 7) is 0. The van der Waals surface area contributed by atoms with E-state index in [-0.39, 0.29) is 22.7 Å². The molecule has 0 radical (unpaired) electrons. The van der Waals surface area contributed by atoms with Gasteiger partial charge in [0.1, 0.15) is 11.5 Å². The molecule has 0 unspecified atom stereocenters. The number of alkyl halides is 3. The maximum absolute atomic E-state index is 13.2. The summed E-state index contributed by atoms with van der Waals surface area (Å²) < 4.78 is 45.4. The van der Waals surface area contributed by atoms with Gasteiger partial charge in [-0.2, -0.15) is 13.2 Å². The molecule has 5 nitrogen and oxygen atoms in total. The van der Waals surface area contributed by atoms with Crippen molar-refractivity contribution >= 4 is 0 Å². The number of nitrogens with one attached hydrogen (secondary N) is 1. The van der Waals surface area contributed by atoms with E-state index in [0.29, 0.717) is 5.75 Å². The number of para-hydroxylation sites is 1. The Labute approximate surface area is 139 Å². The fourth-order valence-electron chi connectivity index (χ4n) is 2.48. The van der Waals surface area contributed by atoms with E-state index >= 15 is 0 Å². The lowest BCUT2D eigenvalue weighted by atomic mass is 10.1. The molecule has 0 spiro atoms. The third-order valence-corrected chi connectivity index (χ3v) is 3.66. The van der Waals surface area contributed by atoms with E-state index in [4.69, 9.17) is 4.74 Å². The number of aromatic hydroxyl groups is 1. The second kappa shape index (κ2) is 6.04. The lowest BCUT2D eigenvalue weighted by Gasteiger charge is -2.12. The van der Waals surface area contributed by atoms with Gasteiger partial charge in [0.25, 0.3) is 5.56 Å². The van der Waals surface area contributed by atoms with Crippen LogP contribution in [0.25, 0.3) is 16.9 Å². The minimum atomic E-state index is -4.61. The number of nitrogens with zero attached hydrogens (tertiary/aromatic N) is 1. The van der Waals surface area contributed by atoms with Crippen molar-refractivity contribution in [3.8, 4) is 28.4 Å². The molecule has 0 saturated carbocycles. The van der Waals surface area contributed by atoms with Crippen molar-refractivity contribution in [2.24, 2.45) is 0 Å². The van der Waals surface area contributed by atoms with Gasteiger partial charge < -0.3 is 9.84 Å². The Kier molecular flexibility index (Phi) is 4.03. The highest BCUT2D eigenvalue weighted by molar-refractivity contribution is 5.68. The first-order valence-electron chi connectivity index (χ1n) is 7.17. The maximum atomic E-state index is 13.2. The van der Waals surface area contributed by atoms with Crippen molar-refractivity contribution in [1.29, 1.82) is 0 Å². The van der Waals surface area contributed by atoms with Gasteiger partial charge in [0.15, 0.2) is 0 Å². The highest BCUT2D eigenvalue weighted by atomic mass is 19.4. The molecular formula is C17H13F3N2O3. The summed E-state index contributed by atoms with van der Waals surface area (Å²) >= 11 is 0. The van der Waals surface area contributed by atoms with Crippen molar-refractivity contribution in [1.82, 2.24) is 9.78 Å². The molecule has 0 aliphatic heterocycles. The summed E-state index contributed by atoms with van der Waals surface area (Å²) in [5.41, 5.74) is -1.55. The van der Waals surface area contributed by atoms with Gasteiger partial charge in [-0.25, -0.2) is 4.68 Å². The van der Waals surface area contributed by atoms with E-state index < -0.39 is 17.3 Å². The van der Waals surface area contributed by atoms with E-state index in [0.717, 1.165) is 16.8 Å². The Hall–Kier alpha value is -3.16. The number of aromatic nitrogens is 2. The molecule has 1 heterocycles. The minimum absolute atomic E-state index is 0.140. The second-order valence-electron chi connectivity index (χ2n) is 5.24. The summed E-state index contributed by atoms with van der Waals surface area (Å²) in [6, 6.07) is 10.2. The lowest BCUT2D eigenvalue weighted by Crippen LogP contribution is -2.18. The average molecular weight is 350 g/mol. The number of rotatable bonds is 3. The standard InChI is InChI=1S/C17H13F3N2O3/c1-25-10-6-7-15(23)11(8-10)13-9-16(24)22(21-13)14-5-3-2-4-12(14)17(18,19)20/h2-9,21,23H,1H3. The fourth-order valence-corrected chi connectivity index (χ4v) is 2.48. The maximum Gasteiger partial charge on any atom is 0.418 e. The van der Waals surface area contributed by atoms with Crippen LogP contribution in [0.15, 0.2) is 53.3 Å². The van der Waals surface area contributed by atoms with Crippen LogP contribution in [0.2, 0.25) is 0 Å². The molecule has 0 aliphatic carbocycles. The van der Waals surface area contributed by atoms with Crippen molar-refractivity contribution in [2.45, 2.75) is 6.18 Å². The van der Waals surface area contributed by atoms with Crippen LogP contribution in [0, 0.1) is 0 Å². The van der Waals surface area contributed by atoms with Gasteiger partial charge in [0.2, 0.25) is 0 Å². The predicted molar refractivity (Wildman–Crippen MR) is 85.0 cm³/mol. The summed E-state index contributed by atoms with van der Waals surface area (Å²) in [4.78, 5) is 12.2. The molecule has 0 aliphatic rings. The highest BCUT2D eigenvalue weighted by Crippen LogP contribution is 2.34. The van der Waals surface area contributed by atoms with Crippen LogP contribution in [0.1, 0.15) is 5.56 Å². The predicted octanol–water partition coefficient (Wildman–Crippen LogP) is 3.57. The molecule has 130 valence electrons.